The zero-order valence-electron chi connectivity index (χ0n) is 9.58. The molecule has 0 aromatic heterocycles. The van der Waals surface area contributed by atoms with E-state index < -0.39 is 0 Å². The number of nitrogens with two attached hydrogens (primary N) is 1. The molecular weight excluding hydrogens is 307 g/mol. The first kappa shape index (κ1) is 14.0. The van der Waals surface area contributed by atoms with Crippen molar-refractivity contribution in [3.05, 3.63) is 57.0 Å². The number of amides is 1. The number of nitrogens with one attached hydrogen (secondary N) is 1. The van der Waals surface area contributed by atoms with Crippen LogP contribution in [0.2, 0.25) is 15.1 Å². The second-order valence-electron chi connectivity index (χ2n) is 3.83. The third-order valence-corrected chi connectivity index (χ3v) is 3.44. The van der Waals surface area contributed by atoms with Crippen LogP contribution in [0.3, 0.4) is 0 Å². The molecule has 2 aromatic carbocycles. The molecule has 3 N–H and O–H groups in total. The van der Waals surface area contributed by atoms with Crippen LogP contribution in [0.4, 0.5) is 11.4 Å². The first-order chi connectivity index (χ1) is 8.97. The lowest BCUT2D eigenvalue weighted by atomic mass is 10.2. The highest BCUT2D eigenvalue weighted by Crippen LogP contribution is 2.32. The summed E-state index contributed by atoms with van der Waals surface area (Å²) in [5.74, 6) is -0.326. The van der Waals surface area contributed by atoms with Crippen LogP contribution >= 0.6 is 34.8 Å². The Balaban J connectivity index is 2.27. The van der Waals surface area contributed by atoms with Crippen LogP contribution in [0, 0.1) is 0 Å². The molecule has 0 unspecified atom stereocenters. The van der Waals surface area contributed by atoms with E-state index in [0.717, 1.165) is 0 Å². The minimum Gasteiger partial charge on any atom is -0.399 e. The Kier molecular flexibility index (Phi) is 4.20. The highest BCUT2D eigenvalue weighted by molar-refractivity contribution is 6.44. The van der Waals surface area contributed by atoms with Crippen molar-refractivity contribution in [1.29, 1.82) is 0 Å². The largest absolute Gasteiger partial charge is 0.399 e. The summed E-state index contributed by atoms with van der Waals surface area (Å²) >= 11 is 17.7. The van der Waals surface area contributed by atoms with Gasteiger partial charge in [-0.1, -0.05) is 40.9 Å². The molecule has 0 aliphatic carbocycles. The van der Waals surface area contributed by atoms with Gasteiger partial charge >= 0.3 is 0 Å². The van der Waals surface area contributed by atoms with Crippen molar-refractivity contribution >= 4 is 52.1 Å². The van der Waals surface area contributed by atoms with Crippen LogP contribution < -0.4 is 11.1 Å². The van der Waals surface area contributed by atoms with Crippen LogP contribution in [0.15, 0.2) is 36.4 Å². The van der Waals surface area contributed by atoms with Gasteiger partial charge in [0.15, 0.2) is 0 Å². The molecule has 0 atom stereocenters. The third kappa shape index (κ3) is 3.32. The second-order valence-corrected chi connectivity index (χ2v) is 5.05. The predicted molar refractivity (Wildman–Crippen MR) is 80.3 cm³/mol. The number of halogens is 3. The van der Waals surface area contributed by atoms with Gasteiger partial charge in [-0.05, 0) is 30.3 Å². The minimum atomic E-state index is -0.326. The summed E-state index contributed by atoms with van der Waals surface area (Å²) in [6.07, 6.45) is 0. The van der Waals surface area contributed by atoms with E-state index in [9.17, 15) is 4.79 Å². The van der Waals surface area contributed by atoms with Gasteiger partial charge in [0.05, 0.1) is 20.8 Å². The molecule has 19 heavy (non-hydrogen) atoms. The van der Waals surface area contributed by atoms with E-state index in [4.69, 9.17) is 40.5 Å². The van der Waals surface area contributed by atoms with Gasteiger partial charge in [-0.3, -0.25) is 4.79 Å². The smallest absolute Gasteiger partial charge is 0.255 e. The number of hydrogen-bond donors (Lipinski definition) is 2. The van der Waals surface area contributed by atoms with E-state index >= 15 is 0 Å². The fourth-order valence-corrected chi connectivity index (χ4v) is 2.09. The molecule has 0 bridgehead atoms. The van der Waals surface area contributed by atoms with Gasteiger partial charge in [-0.15, -0.1) is 0 Å². The Morgan fingerprint density at radius 2 is 1.68 bits per heavy atom. The van der Waals surface area contributed by atoms with Crippen LogP contribution in [0.25, 0.3) is 0 Å². The molecule has 6 heteroatoms. The third-order valence-electron chi connectivity index (χ3n) is 2.41. The van der Waals surface area contributed by atoms with E-state index in [1.54, 1.807) is 24.3 Å². The number of nitrogen functional groups attached to an aromatic ring is 1. The quantitative estimate of drug-likeness (QED) is 0.634. The molecule has 0 aliphatic rings. The van der Waals surface area contributed by atoms with Crippen molar-refractivity contribution in [2.45, 2.75) is 0 Å². The Morgan fingerprint density at radius 3 is 2.37 bits per heavy atom. The summed E-state index contributed by atoms with van der Waals surface area (Å²) in [5, 5.41) is 3.61. The second kappa shape index (κ2) is 5.70. The van der Waals surface area contributed by atoms with Crippen LogP contribution in [-0.2, 0) is 0 Å². The lowest BCUT2D eigenvalue weighted by Crippen LogP contribution is -2.12. The maximum atomic E-state index is 12.0. The molecule has 0 saturated carbocycles. The molecule has 3 nitrogen and oxygen atoms in total. The average molecular weight is 316 g/mol. The number of benzene rings is 2. The molecule has 0 heterocycles. The molecule has 98 valence electrons. The van der Waals surface area contributed by atoms with E-state index in [0.29, 0.717) is 32.0 Å². The Labute approximate surface area is 125 Å². The molecule has 0 saturated heterocycles. The van der Waals surface area contributed by atoms with Crippen LogP contribution in [-0.4, -0.2) is 5.91 Å². The van der Waals surface area contributed by atoms with Crippen molar-refractivity contribution in [1.82, 2.24) is 0 Å². The summed E-state index contributed by atoms with van der Waals surface area (Å²) in [6.45, 7) is 0. The van der Waals surface area contributed by atoms with Crippen LogP contribution in [0.1, 0.15) is 10.4 Å². The molecule has 1 amide bonds. The summed E-state index contributed by atoms with van der Waals surface area (Å²) in [5.41, 5.74) is 6.95. The number of hydrogen-bond acceptors (Lipinski definition) is 2. The number of carbonyl (C=O) groups is 1. The Hall–Kier alpha value is -1.42. The highest BCUT2D eigenvalue weighted by Gasteiger charge is 2.11. The Bertz CT molecular complexity index is 644. The maximum Gasteiger partial charge on any atom is 0.255 e. The Morgan fingerprint density at radius 1 is 1.00 bits per heavy atom. The van der Waals surface area contributed by atoms with Crippen molar-refractivity contribution in [2.75, 3.05) is 11.1 Å². The van der Waals surface area contributed by atoms with Gasteiger partial charge in [0.2, 0.25) is 0 Å². The summed E-state index contributed by atoms with van der Waals surface area (Å²) < 4.78 is 0. The van der Waals surface area contributed by atoms with Gasteiger partial charge in [-0.25, -0.2) is 0 Å². The molecule has 2 aromatic rings. The van der Waals surface area contributed by atoms with Gasteiger partial charge in [-0.2, -0.15) is 0 Å². The molecule has 0 radical (unpaired) electrons. The van der Waals surface area contributed by atoms with Gasteiger partial charge in [0.1, 0.15) is 0 Å². The fourth-order valence-electron chi connectivity index (χ4n) is 1.49. The molecule has 0 spiro atoms. The number of rotatable bonds is 2. The molecule has 0 fully saturated rings. The maximum absolute atomic E-state index is 12.0. The predicted octanol–water partition coefficient (Wildman–Crippen LogP) is 4.48. The van der Waals surface area contributed by atoms with Crippen molar-refractivity contribution < 1.29 is 4.79 Å². The van der Waals surface area contributed by atoms with E-state index in [2.05, 4.69) is 5.32 Å². The molecular formula is C13H9Cl3N2O. The van der Waals surface area contributed by atoms with E-state index in [1.807, 2.05) is 0 Å². The lowest BCUT2D eigenvalue weighted by molar-refractivity contribution is 0.102. The van der Waals surface area contributed by atoms with Crippen molar-refractivity contribution in [3.63, 3.8) is 0 Å². The van der Waals surface area contributed by atoms with E-state index in [-0.39, 0.29) is 5.91 Å². The van der Waals surface area contributed by atoms with Crippen molar-refractivity contribution in [3.8, 4) is 0 Å². The summed E-state index contributed by atoms with van der Waals surface area (Å²) in [7, 11) is 0. The summed E-state index contributed by atoms with van der Waals surface area (Å²) in [6, 6.07) is 9.58. The highest BCUT2D eigenvalue weighted by atomic mass is 35.5. The zero-order chi connectivity index (χ0) is 14.0. The molecule has 2 rings (SSSR count). The monoisotopic (exact) mass is 314 g/mol. The van der Waals surface area contributed by atoms with Gasteiger partial charge in [0.25, 0.3) is 5.91 Å². The molecule has 0 aliphatic heterocycles. The zero-order valence-corrected chi connectivity index (χ0v) is 11.9. The fraction of sp³-hybridized carbons (Fsp3) is 0. The topological polar surface area (TPSA) is 55.1 Å². The number of anilines is 2. The SMILES string of the molecule is Nc1cccc(C(=O)Nc2cc(Cl)c(Cl)cc2Cl)c1. The van der Waals surface area contributed by atoms with Crippen molar-refractivity contribution in [2.24, 2.45) is 0 Å². The summed E-state index contributed by atoms with van der Waals surface area (Å²) in [4.78, 5) is 12.0. The van der Waals surface area contributed by atoms with Gasteiger partial charge < -0.3 is 11.1 Å². The lowest BCUT2D eigenvalue weighted by Gasteiger charge is -2.09. The average Bonchev–Trinajstić information content (AvgIpc) is 2.36. The van der Waals surface area contributed by atoms with Gasteiger partial charge in [0, 0.05) is 11.3 Å². The first-order valence-electron chi connectivity index (χ1n) is 5.29. The van der Waals surface area contributed by atoms with Crippen LogP contribution in [0.5, 0.6) is 0 Å². The van der Waals surface area contributed by atoms with E-state index in [1.165, 1.54) is 12.1 Å². The first-order valence-corrected chi connectivity index (χ1v) is 6.42. The number of carbonyl (C=O) groups excluding carboxylic acids is 1. The standard InChI is InChI=1S/C13H9Cl3N2O/c14-9-5-11(16)12(6-10(9)15)18-13(19)7-2-1-3-8(17)4-7/h1-6H,17H2,(H,18,19). The normalized spacial score (nSPS) is 10.3. The minimum absolute atomic E-state index is 0.312.